The van der Waals surface area contributed by atoms with E-state index in [1.807, 2.05) is 31.2 Å². The van der Waals surface area contributed by atoms with E-state index in [-0.39, 0.29) is 23.3 Å². The molecule has 0 spiro atoms. The highest BCUT2D eigenvalue weighted by molar-refractivity contribution is 5.91. The highest BCUT2D eigenvalue weighted by Gasteiger charge is 2.21. The van der Waals surface area contributed by atoms with E-state index in [1.54, 1.807) is 48.5 Å². The average molecular weight is 547 g/mol. The van der Waals surface area contributed by atoms with E-state index >= 15 is 0 Å². The Morgan fingerprint density at radius 1 is 0.700 bits per heavy atom. The van der Waals surface area contributed by atoms with Crippen molar-refractivity contribution in [2.75, 3.05) is 20.3 Å². The molecule has 0 heterocycles. The fourth-order valence-corrected chi connectivity index (χ4v) is 4.20. The summed E-state index contributed by atoms with van der Waals surface area (Å²) >= 11 is 0. The van der Waals surface area contributed by atoms with Gasteiger partial charge in [0.2, 0.25) is 0 Å². The molecule has 3 rings (SSSR count). The SMILES string of the molecule is COC(=O)c1ccc(-c2ccc(OC(=O)c3ccc(OCCCCOC(=O)C(C)CC(C)(C)C)cc3)cc2)cc1. The summed E-state index contributed by atoms with van der Waals surface area (Å²) in [6.07, 6.45) is 2.26. The molecule has 1 unspecified atom stereocenters. The predicted octanol–water partition coefficient (Wildman–Crippen LogP) is 7.13. The Kier molecular flexibility index (Phi) is 10.9. The van der Waals surface area contributed by atoms with Crippen molar-refractivity contribution < 1.29 is 33.3 Å². The number of ether oxygens (including phenoxy) is 4. The molecule has 0 aliphatic heterocycles. The molecule has 212 valence electrons. The summed E-state index contributed by atoms with van der Waals surface area (Å²) in [5.74, 6) is -0.0434. The highest BCUT2D eigenvalue weighted by Crippen LogP contribution is 2.25. The van der Waals surface area contributed by atoms with E-state index in [0.29, 0.717) is 35.8 Å². The van der Waals surface area contributed by atoms with Crippen molar-refractivity contribution in [3.8, 4) is 22.6 Å². The Balaban J connectivity index is 1.39. The van der Waals surface area contributed by atoms with Crippen LogP contribution in [0, 0.1) is 11.3 Å². The first-order valence-electron chi connectivity index (χ1n) is 13.5. The minimum absolute atomic E-state index is 0.0909. The lowest BCUT2D eigenvalue weighted by molar-refractivity contribution is -0.149. The average Bonchev–Trinajstić information content (AvgIpc) is 2.94. The molecular formula is C33H38O7. The molecular weight excluding hydrogens is 508 g/mol. The monoisotopic (exact) mass is 546 g/mol. The van der Waals surface area contributed by atoms with Crippen molar-refractivity contribution in [2.45, 2.75) is 47.0 Å². The molecule has 0 saturated heterocycles. The topological polar surface area (TPSA) is 88.1 Å². The van der Waals surface area contributed by atoms with Gasteiger partial charge in [-0.3, -0.25) is 4.79 Å². The van der Waals surface area contributed by atoms with Crippen LogP contribution < -0.4 is 9.47 Å². The van der Waals surface area contributed by atoms with Gasteiger partial charge in [0.15, 0.2) is 0 Å². The van der Waals surface area contributed by atoms with Crippen LogP contribution in [0.1, 0.15) is 67.7 Å². The molecule has 0 amide bonds. The molecule has 0 aliphatic rings. The molecule has 0 aromatic heterocycles. The Labute approximate surface area is 236 Å². The summed E-state index contributed by atoms with van der Waals surface area (Å²) in [5, 5.41) is 0. The fraction of sp³-hybridized carbons (Fsp3) is 0.364. The van der Waals surface area contributed by atoms with Crippen LogP contribution in [0.3, 0.4) is 0 Å². The fourth-order valence-electron chi connectivity index (χ4n) is 4.20. The van der Waals surface area contributed by atoms with Crippen molar-refractivity contribution in [1.82, 2.24) is 0 Å². The lowest BCUT2D eigenvalue weighted by Crippen LogP contribution is -2.21. The predicted molar refractivity (Wildman–Crippen MR) is 154 cm³/mol. The Morgan fingerprint density at radius 3 is 1.77 bits per heavy atom. The zero-order valence-corrected chi connectivity index (χ0v) is 23.9. The molecule has 3 aromatic rings. The van der Waals surface area contributed by atoms with Gasteiger partial charge in [-0.25, -0.2) is 9.59 Å². The van der Waals surface area contributed by atoms with Crippen LogP contribution >= 0.6 is 0 Å². The first kappa shape index (κ1) is 30.4. The van der Waals surface area contributed by atoms with Crippen molar-refractivity contribution in [2.24, 2.45) is 11.3 Å². The smallest absolute Gasteiger partial charge is 0.343 e. The van der Waals surface area contributed by atoms with Gasteiger partial charge < -0.3 is 18.9 Å². The maximum atomic E-state index is 12.6. The first-order valence-corrected chi connectivity index (χ1v) is 13.5. The van der Waals surface area contributed by atoms with Gasteiger partial charge >= 0.3 is 17.9 Å². The van der Waals surface area contributed by atoms with Crippen LogP contribution in [-0.4, -0.2) is 38.2 Å². The molecule has 0 radical (unpaired) electrons. The van der Waals surface area contributed by atoms with Gasteiger partial charge in [-0.2, -0.15) is 0 Å². The third-order valence-electron chi connectivity index (χ3n) is 6.17. The molecule has 1 atom stereocenters. The maximum Gasteiger partial charge on any atom is 0.343 e. The van der Waals surface area contributed by atoms with E-state index in [0.717, 1.165) is 30.4 Å². The number of unbranched alkanes of at least 4 members (excludes halogenated alkanes) is 1. The third kappa shape index (κ3) is 9.56. The van der Waals surface area contributed by atoms with E-state index in [1.165, 1.54) is 7.11 Å². The van der Waals surface area contributed by atoms with Crippen LogP contribution in [0.5, 0.6) is 11.5 Å². The minimum Gasteiger partial charge on any atom is -0.494 e. The first-order chi connectivity index (χ1) is 19.1. The number of hydrogen-bond acceptors (Lipinski definition) is 7. The van der Waals surface area contributed by atoms with Gasteiger partial charge in [0.25, 0.3) is 0 Å². The second-order valence-electron chi connectivity index (χ2n) is 10.9. The molecule has 7 nitrogen and oxygen atoms in total. The number of hydrogen-bond donors (Lipinski definition) is 0. The van der Waals surface area contributed by atoms with Gasteiger partial charge in [-0.15, -0.1) is 0 Å². The second kappa shape index (κ2) is 14.3. The molecule has 0 saturated carbocycles. The third-order valence-corrected chi connectivity index (χ3v) is 6.17. The van der Waals surface area contributed by atoms with E-state index < -0.39 is 5.97 Å². The van der Waals surface area contributed by atoms with Gasteiger partial charge in [-0.05, 0) is 84.3 Å². The zero-order valence-electron chi connectivity index (χ0n) is 23.9. The number of carbonyl (C=O) groups excluding carboxylic acids is 3. The summed E-state index contributed by atoms with van der Waals surface area (Å²) in [4.78, 5) is 36.3. The number of esters is 3. The molecule has 40 heavy (non-hydrogen) atoms. The molecule has 7 heteroatoms. The van der Waals surface area contributed by atoms with Crippen LogP contribution in [0.15, 0.2) is 72.8 Å². The van der Waals surface area contributed by atoms with Crippen molar-refractivity contribution >= 4 is 17.9 Å². The van der Waals surface area contributed by atoms with E-state index in [9.17, 15) is 14.4 Å². The van der Waals surface area contributed by atoms with E-state index in [4.69, 9.17) is 18.9 Å². The number of methoxy groups -OCH3 is 1. The highest BCUT2D eigenvalue weighted by atomic mass is 16.5. The Bertz CT molecular complexity index is 1250. The van der Waals surface area contributed by atoms with E-state index in [2.05, 4.69) is 20.8 Å². The van der Waals surface area contributed by atoms with Gasteiger partial charge in [0, 0.05) is 0 Å². The summed E-state index contributed by atoms with van der Waals surface area (Å²) in [6, 6.07) is 21.0. The molecule has 0 fully saturated rings. The van der Waals surface area contributed by atoms with Crippen molar-refractivity contribution in [3.63, 3.8) is 0 Å². The molecule has 3 aromatic carbocycles. The summed E-state index contributed by atoms with van der Waals surface area (Å²) in [5.41, 5.74) is 2.82. The Morgan fingerprint density at radius 2 is 1.20 bits per heavy atom. The number of benzene rings is 3. The maximum absolute atomic E-state index is 12.6. The van der Waals surface area contributed by atoms with Crippen LogP contribution in [0.25, 0.3) is 11.1 Å². The molecule has 0 aliphatic carbocycles. The number of rotatable bonds is 12. The summed E-state index contributed by atoms with van der Waals surface area (Å²) < 4.78 is 21.3. The summed E-state index contributed by atoms with van der Waals surface area (Å²) in [6.45, 7) is 9.10. The molecule has 0 bridgehead atoms. The molecule has 0 N–H and O–H groups in total. The van der Waals surface area contributed by atoms with Crippen LogP contribution in [-0.2, 0) is 14.3 Å². The lowest BCUT2D eigenvalue weighted by Gasteiger charge is -2.22. The van der Waals surface area contributed by atoms with Crippen LogP contribution in [0.2, 0.25) is 0 Å². The van der Waals surface area contributed by atoms with Crippen molar-refractivity contribution in [1.29, 1.82) is 0 Å². The van der Waals surface area contributed by atoms with Gasteiger partial charge in [0.05, 0.1) is 37.4 Å². The standard InChI is InChI=1S/C33H38O7/c1-23(22-33(2,3)4)30(34)39-21-7-6-20-38-28-16-14-27(15-17-28)32(36)40-29-18-12-25(13-19-29)24-8-10-26(11-9-24)31(35)37-5/h8-19,23H,6-7,20-22H2,1-5H3. The Hall–Kier alpha value is -4.13. The normalized spacial score (nSPS) is 11.8. The van der Waals surface area contributed by atoms with Crippen molar-refractivity contribution in [3.05, 3.63) is 83.9 Å². The zero-order chi connectivity index (χ0) is 29.1. The van der Waals surface area contributed by atoms with Gasteiger partial charge in [-0.1, -0.05) is 52.0 Å². The van der Waals surface area contributed by atoms with Gasteiger partial charge in [0.1, 0.15) is 11.5 Å². The van der Waals surface area contributed by atoms with Crippen LogP contribution in [0.4, 0.5) is 0 Å². The number of carbonyl (C=O) groups is 3. The lowest BCUT2D eigenvalue weighted by atomic mass is 9.85. The minimum atomic E-state index is -0.468. The quantitative estimate of drug-likeness (QED) is 0.136. The second-order valence-corrected chi connectivity index (χ2v) is 10.9. The summed E-state index contributed by atoms with van der Waals surface area (Å²) in [7, 11) is 1.35. The largest absolute Gasteiger partial charge is 0.494 e.